The van der Waals surface area contributed by atoms with Crippen molar-refractivity contribution in [1.82, 2.24) is 9.80 Å². The lowest BCUT2D eigenvalue weighted by Crippen LogP contribution is -2.54. The maximum absolute atomic E-state index is 12.3. The molecule has 3 rings (SSSR count). The van der Waals surface area contributed by atoms with Gasteiger partial charge in [0.05, 0.1) is 0 Å². The fourth-order valence-corrected chi connectivity index (χ4v) is 4.40. The molecule has 2 aliphatic rings. The number of ether oxygens (including phenoxy) is 1. The topological polar surface area (TPSA) is 53.0 Å². The number of rotatable bonds is 6. The molecule has 2 fully saturated rings. The molecule has 2 saturated heterocycles. The van der Waals surface area contributed by atoms with Gasteiger partial charge < -0.3 is 14.7 Å². The molecule has 1 amide bonds. The first kappa shape index (κ1) is 18.2. The summed E-state index contributed by atoms with van der Waals surface area (Å²) < 4.78 is 5.13. The van der Waals surface area contributed by atoms with Gasteiger partial charge in [0.15, 0.2) is 0 Å². The normalized spacial score (nSPS) is 24.8. The number of phenols is 1. The second-order valence-corrected chi connectivity index (χ2v) is 7.65. The average Bonchev–Trinajstić information content (AvgIpc) is 2.59. The minimum absolute atomic E-state index is 0.232. The molecule has 2 aliphatic heterocycles. The van der Waals surface area contributed by atoms with Crippen LogP contribution in [0.5, 0.6) is 5.75 Å². The number of phenolic OH excluding ortho intramolecular Hbond substituents is 1. The van der Waals surface area contributed by atoms with Crippen LogP contribution < -0.4 is 0 Å². The molecule has 0 radical (unpaired) electrons. The number of nitrogens with zero attached hydrogens (tertiary/aromatic N) is 2. The van der Waals surface area contributed by atoms with Crippen LogP contribution >= 0.6 is 0 Å². The van der Waals surface area contributed by atoms with Crippen LogP contribution in [0, 0.1) is 5.41 Å². The molecule has 5 heteroatoms. The number of amides is 1. The van der Waals surface area contributed by atoms with Crippen LogP contribution in [0.25, 0.3) is 0 Å². The van der Waals surface area contributed by atoms with Crippen molar-refractivity contribution in [2.45, 2.75) is 38.6 Å². The predicted molar refractivity (Wildman–Crippen MR) is 97.4 cm³/mol. The highest BCUT2D eigenvalue weighted by Gasteiger charge is 2.41. The summed E-state index contributed by atoms with van der Waals surface area (Å²) in [7, 11) is 1.71. The van der Waals surface area contributed by atoms with Gasteiger partial charge in [0.1, 0.15) is 5.75 Å². The minimum atomic E-state index is 0.232. The molecule has 2 heterocycles. The molecule has 1 aromatic carbocycles. The first-order valence-electron chi connectivity index (χ1n) is 9.37. The lowest BCUT2D eigenvalue weighted by Gasteiger charge is -2.48. The molecule has 1 atom stereocenters. The van der Waals surface area contributed by atoms with E-state index in [-0.39, 0.29) is 5.41 Å². The number of likely N-dealkylation sites (tertiary alicyclic amines) is 2. The molecule has 25 heavy (non-hydrogen) atoms. The lowest BCUT2D eigenvalue weighted by atomic mass is 9.73. The number of aromatic hydroxyl groups is 1. The maximum atomic E-state index is 12.3. The van der Waals surface area contributed by atoms with Crippen molar-refractivity contribution in [3.05, 3.63) is 29.8 Å². The summed E-state index contributed by atoms with van der Waals surface area (Å²) in [6, 6.07) is 7.54. The predicted octanol–water partition coefficient (Wildman–Crippen LogP) is 2.63. The minimum Gasteiger partial charge on any atom is -0.508 e. The Hall–Kier alpha value is -1.59. The Bertz CT molecular complexity index is 592. The maximum Gasteiger partial charge on any atom is 0.222 e. The summed E-state index contributed by atoms with van der Waals surface area (Å²) >= 11 is 0. The Kier molecular flexibility index (Phi) is 5.97. The van der Waals surface area contributed by atoms with E-state index in [0.29, 0.717) is 24.7 Å². The number of benzene rings is 1. The van der Waals surface area contributed by atoms with Gasteiger partial charge >= 0.3 is 0 Å². The first-order valence-corrected chi connectivity index (χ1v) is 9.37. The van der Waals surface area contributed by atoms with Crippen molar-refractivity contribution in [3.63, 3.8) is 0 Å². The van der Waals surface area contributed by atoms with Gasteiger partial charge in [0.25, 0.3) is 0 Å². The van der Waals surface area contributed by atoms with Crippen molar-refractivity contribution >= 4 is 5.91 Å². The molecule has 0 saturated carbocycles. The number of carbonyl (C=O) groups is 1. The number of carbonyl (C=O) groups excluding carboxylic acids is 1. The Morgan fingerprint density at radius 1 is 1.28 bits per heavy atom. The molecule has 1 N–H and O–H groups in total. The van der Waals surface area contributed by atoms with Crippen LogP contribution in [0.4, 0.5) is 0 Å². The van der Waals surface area contributed by atoms with Crippen LogP contribution in [-0.4, -0.2) is 60.7 Å². The van der Waals surface area contributed by atoms with Gasteiger partial charge in [0, 0.05) is 51.7 Å². The fourth-order valence-electron chi connectivity index (χ4n) is 4.40. The molecular weight excluding hydrogens is 316 g/mol. The summed E-state index contributed by atoms with van der Waals surface area (Å²) in [5, 5.41) is 9.68. The third-order valence-electron chi connectivity index (χ3n) is 5.58. The number of hydrogen-bond acceptors (Lipinski definition) is 4. The Balaban J connectivity index is 1.61. The summed E-state index contributed by atoms with van der Waals surface area (Å²) in [4.78, 5) is 16.8. The Morgan fingerprint density at radius 2 is 2.16 bits per heavy atom. The van der Waals surface area contributed by atoms with Gasteiger partial charge in [-0.1, -0.05) is 12.1 Å². The third-order valence-corrected chi connectivity index (χ3v) is 5.58. The van der Waals surface area contributed by atoms with E-state index in [1.54, 1.807) is 13.2 Å². The highest BCUT2D eigenvalue weighted by Crippen LogP contribution is 2.39. The van der Waals surface area contributed by atoms with Crippen LogP contribution in [0.15, 0.2) is 24.3 Å². The zero-order chi connectivity index (χ0) is 17.7. The Morgan fingerprint density at radius 3 is 2.96 bits per heavy atom. The largest absolute Gasteiger partial charge is 0.508 e. The van der Waals surface area contributed by atoms with Crippen molar-refractivity contribution < 1.29 is 14.6 Å². The van der Waals surface area contributed by atoms with E-state index in [1.807, 2.05) is 12.1 Å². The third kappa shape index (κ3) is 4.73. The van der Waals surface area contributed by atoms with Crippen LogP contribution in [0.3, 0.4) is 0 Å². The number of hydrogen-bond donors (Lipinski definition) is 1. The zero-order valence-corrected chi connectivity index (χ0v) is 15.2. The van der Waals surface area contributed by atoms with Gasteiger partial charge in [-0.25, -0.2) is 0 Å². The summed E-state index contributed by atoms with van der Waals surface area (Å²) in [6.45, 7) is 5.40. The smallest absolute Gasteiger partial charge is 0.222 e. The highest BCUT2D eigenvalue weighted by atomic mass is 16.5. The van der Waals surface area contributed by atoms with Gasteiger partial charge in [-0.3, -0.25) is 9.69 Å². The van der Waals surface area contributed by atoms with Gasteiger partial charge in [-0.15, -0.1) is 0 Å². The van der Waals surface area contributed by atoms with Crippen LogP contribution in [0.2, 0.25) is 0 Å². The highest BCUT2D eigenvalue weighted by molar-refractivity contribution is 5.77. The lowest BCUT2D eigenvalue weighted by molar-refractivity contribution is -0.139. The first-order chi connectivity index (χ1) is 12.1. The Labute approximate surface area is 150 Å². The summed E-state index contributed by atoms with van der Waals surface area (Å²) in [5.74, 6) is 0.628. The van der Waals surface area contributed by atoms with E-state index in [1.165, 1.54) is 12.8 Å². The summed E-state index contributed by atoms with van der Waals surface area (Å²) in [5.41, 5.74) is 1.39. The second kappa shape index (κ2) is 8.19. The SMILES string of the molecule is COCCCN1C[C@@]2(CCCN(Cc3cccc(O)c3)C2)CCC1=O. The van der Waals surface area contributed by atoms with Crippen molar-refractivity contribution in [1.29, 1.82) is 0 Å². The van der Waals surface area contributed by atoms with Crippen LogP contribution in [-0.2, 0) is 16.1 Å². The van der Waals surface area contributed by atoms with Crippen molar-refractivity contribution in [2.24, 2.45) is 5.41 Å². The second-order valence-electron chi connectivity index (χ2n) is 7.65. The quantitative estimate of drug-likeness (QED) is 0.805. The standard InChI is InChI=1S/C20H30N2O3/c1-25-12-4-11-22-16-20(9-7-19(22)24)8-3-10-21(15-20)14-17-5-2-6-18(23)13-17/h2,5-6,13,23H,3-4,7-12,14-16H2,1H3/t20-/m0/s1. The van der Waals surface area contributed by atoms with E-state index in [2.05, 4.69) is 15.9 Å². The van der Waals surface area contributed by atoms with Gasteiger partial charge in [0.2, 0.25) is 5.91 Å². The molecule has 1 aromatic rings. The van der Waals surface area contributed by atoms with E-state index < -0.39 is 0 Å². The fraction of sp³-hybridized carbons (Fsp3) is 0.650. The van der Waals surface area contributed by atoms with Crippen LogP contribution in [0.1, 0.15) is 37.7 Å². The van der Waals surface area contributed by atoms with Crippen molar-refractivity contribution in [2.75, 3.05) is 39.9 Å². The monoisotopic (exact) mass is 346 g/mol. The molecule has 0 aliphatic carbocycles. The van der Waals surface area contributed by atoms with E-state index in [4.69, 9.17) is 4.74 Å². The molecule has 0 aromatic heterocycles. The molecule has 0 unspecified atom stereocenters. The van der Waals surface area contributed by atoms with E-state index in [0.717, 1.165) is 51.1 Å². The number of piperidine rings is 2. The van der Waals surface area contributed by atoms with Gasteiger partial charge in [-0.05, 0) is 49.9 Å². The van der Waals surface area contributed by atoms with E-state index >= 15 is 0 Å². The van der Waals surface area contributed by atoms with Gasteiger partial charge in [-0.2, -0.15) is 0 Å². The molecule has 138 valence electrons. The van der Waals surface area contributed by atoms with E-state index in [9.17, 15) is 9.90 Å². The molecular formula is C20H30N2O3. The summed E-state index contributed by atoms with van der Waals surface area (Å²) in [6.07, 6.45) is 4.97. The molecule has 1 spiro atoms. The number of methoxy groups -OCH3 is 1. The zero-order valence-electron chi connectivity index (χ0n) is 15.2. The average molecular weight is 346 g/mol. The molecule has 0 bridgehead atoms. The van der Waals surface area contributed by atoms with Crippen molar-refractivity contribution in [3.8, 4) is 5.75 Å². The molecule has 5 nitrogen and oxygen atoms in total.